The SMILES string of the molecule is CN(C)C(=O)c1cc(CC(=O)OCC(C(=O)O)(C(=O)O)c2cccs2)ccc1NC(=O)c1ccccc1-c1ccc(C(F)(F)F)cc1. The number of hydrogen-bond donors (Lipinski definition) is 3. The molecule has 0 fully saturated rings. The molecule has 0 saturated carbocycles. The van der Waals surface area contributed by atoms with E-state index in [2.05, 4.69) is 5.32 Å². The number of hydrogen-bond acceptors (Lipinski definition) is 7. The number of carboxylic acid groups (broad SMARTS) is 2. The highest BCUT2D eigenvalue weighted by Gasteiger charge is 2.51. The van der Waals surface area contributed by atoms with Crippen molar-refractivity contribution in [3.63, 3.8) is 0 Å². The molecule has 0 bridgehead atoms. The number of nitrogens with one attached hydrogen (secondary N) is 1. The van der Waals surface area contributed by atoms with Crippen LogP contribution in [0, 0.1) is 0 Å². The largest absolute Gasteiger partial charge is 0.480 e. The minimum Gasteiger partial charge on any atom is -0.480 e. The highest BCUT2D eigenvalue weighted by atomic mass is 32.1. The van der Waals surface area contributed by atoms with E-state index in [1.165, 1.54) is 72.9 Å². The number of alkyl halides is 3. The molecule has 14 heteroatoms. The molecule has 0 unspecified atom stereocenters. The Bertz CT molecular complexity index is 1810. The Kier molecular flexibility index (Phi) is 10.1. The fourth-order valence-corrected chi connectivity index (χ4v) is 5.51. The topological polar surface area (TPSA) is 150 Å². The van der Waals surface area contributed by atoms with Gasteiger partial charge in [0.25, 0.3) is 11.8 Å². The van der Waals surface area contributed by atoms with Crippen molar-refractivity contribution in [1.82, 2.24) is 4.90 Å². The predicted octanol–water partition coefficient (Wildman–Crippen LogP) is 5.58. The number of carbonyl (C=O) groups is 5. The van der Waals surface area contributed by atoms with Gasteiger partial charge in [-0.25, -0.2) is 0 Å². The van der Waals surface area contributed by atoms with E-state index in [1.54, 1.807) is 18.2 Å². The van der Waals surface area contributed by atoms with E-state index in [-0.39, 0.29) is 27.3 Å². The minimum absolute atomic E-state index is 0.00957. The Labute approximate surface area is 270 Å². The number of anilines is 1. The first-order chi connectivity index (χ1) is 22.1. The van der Waals surface area contributed by atoms with Crippen molar-refractivity contribution in [2.24, 2.45) is 0 Å². The number of aliphatic carboxylic acids is 2. The van der Waals surface area contributed by atoms with Crippen LogP contribution in [0.1, 0.15) is 36.7 Å². The highest BCUT2D eigenvalue weighted by Crippen LogP contribution is 2.33. The van der Waals surface area contributed by atoms with Gasteiger partial charge in [0.05, 0.1) is 23.2 Å². The number of carbonyl (C=O) groups excluding carboxylic acids is 3. The van der Waals surface area contributed by atoms with Gasteiger partial charge in [-0.05, 0) is 58.5 Å². The number of amides is 2. The van der Waals surface area contributed by atoms with Crippen LogP contribution >= 0.6 is 11.3 Å². The van der Waals surface area contributed by atoms with Gasteiger partial charge in [-0.15, -0.1) is 11.3 Å². The predicted molar refractivity (Wildman–Crippen MR) is 165 cm³/mol. The third kappa shape index (κ3) is 7.49. The van der Waals surface area contributed by atoms with Gasteiger partial charge in [0.15, 0.2) is 0 Å². The maximum absolute atomic E-state index is 13.4. The van der Waals surface area contributed by atoms with Crippen molar-refractivity contribution in [3.8, 4) is 11.1 Å². The molecule has 47 heavy (non-hydrogen) atoms. The van der Waals surface area contributed by atoms with Crippen LogP contribution in [-0.4, -0.2) is 65.5 Å². The molecule has 0 aliphatic rings. The molecule has 4 rings (SSSR count). The molecule has 10 nitrogen and oxygen atoms in total. The van der Waals surface area contributed by atoms with Crippen molar-refractivity contribution in [1.29, 1.82) is 0 Å². The molecular formula is C33H27F3N2O8S. The first-order valence-electron chi connectivity index (χ1n) is 13.7. The van der Waals surface area contributed by atoms with Crippen molar-refractivity contribution in [2.75, 3.05) is 26.0 Å². The number of ether oxygens (including phenoxy) is 1. The van der Waals surface area contributed by atoms with Gasteiger partial charge in [0, 0.05) is 24.5 Å². The maximum atomic E-state index is 13.4. The van der Waals surface area contributed by atoms with Crippen LogP contribution in [0.15, 0.2) is 84.2 Å². The molecule has 0 spiro atoms. The summed E-state index contributed by atoms with van der Waals surface area (Å²) in [6.45, 7) is -0.979. The van der Waals surface area contributed by atoms with Crippen LogP contribution in [0.4, 0.5) is 18.9 Å². The number of nitrogens with zero attached hydrogens (tertiary/aromatic N) is 1. The number of rotatable bonds is 11. The van der Waals surface area contributed by atoms with E-state index in [0.717, 1.165) is 23.5 Å². The lowest BCUT2D eigenvalue weighted by Gasteiger charge is -2.23. The standard InChI is InChI=1S/C33H27F3N2O8S/c1-38(2)29(41)24-16-19(17-27(39)46-18-32(30(42)43,31(44)45)26-8-5-15-47-26)9-14-25(24)37-28(40)23-7-4-3-6-22(23)20-10-12-21(13-11-20)33(34,35)36/h3-16H,17-18H2,1-2H3,(H,37,40)(H,42,43)(H,44,45). The molecular weight excluding hydrogens is 641 g/mol. The van der Waals surface area contributed by atoms with E-state index in [1.807, 2.05) is 0 Å². The molecule has 0 saturated heterocycles. The fraction of sp³-hybridized carbons (Fsp3) is 0.182. The Morgan fingerprint density at radius 2 is 1.51 bits per heavy atom. The van der Waals surface area contributed by atoms with Gasteiger partial charge in [-0.1, -0.05) is 42.5 Å². The molecule has 2 amide bonds. The first-order valence-corrected chi connectivity index (χ1v) is 14.6. The van der Waals surface area contributed by atoms with Gasteiger partial charge < -0.3 is 25.2 Å². The van der Waals surface area contributed by atoms with Gasteiger partial charge in [0.2, 0.25) is 5.41 Å². The number of thiophene rings is 1. The Morgan fingerprint density at radius 3 is 2.09 bits per heavy atom. The van der Waals surface area contributed by atoms with Crippen molar-refractivity contribution in [2.45, 2.75) is 18.0 Å². The summed E-state index contributed by atoms with van der Waals surface area (Å²) >= 11 is 0.885. The van der Waals surface area contributed by atoms with Gasteiger partial charge in [-0.3, -0.25) is 24.0 Å². The van der Waals surface area contributed by atoms with Crippen LogP contribution in [0.3, 0.4) is 0 Å². The third-order valence-corrected chi connectivity index (χ3v) is 8.17. The molecule has 0 atom stereocenters. The second-order valence-corrected chi connectivity index (χ2v) is 11.4. The average Bonchev–Trinajstić information content (AvgIpc) is 3.56. The summed E-state index contributed by atoms with van der Waals surface area (Å²) in [6.07, 6.45) is -4.99. The first kappa shape index (κ1) is 34.4. The lowest BCUT2D eigenvalue weighted by molar-refractivity contribution is -0.163. The number of carboxylic acids is 2. The quantitative estimate of drug-likeness (QED) is 0.139. The van der Waals surface area contributed by atoms with E-state index in [0.29, 0.717) is 11.1 Å². The highest BCUT2D eigenvalue weighted by molar-refractivity contribution is 7.10. The lowest BCUT2D eigenvalue weighted by atomic mass is 9.87. The zero-order valence-corrected chi connectivity index (χ0v) is 25.6. The second kappa shape index (κ2) is 13.9. The Balaban J connectivity index is 1.57. The smallest absolute Gasteiger partial charge is 0.416 e. The molecule has 1 heterocycles. The normalized spacial score (nSPS) is 11.4. The molecule has 3 N–H and O–H groups in total. The fourth-order valence-electron chi connectivity index (χ4n) is 4.61. The molecule has 0 aliphatic carbocycles. The molecule has 0 aliphatic heterocycles. The molecule has 4 aromatic rings. The lowest BCUT2D eigenvalue weighted by Crippen LogP contribution is -2.47. The monoisotopic (exact) mass is 668 g/mol. The number of halogens is 3. The van der Waals surface area contributed by atoms with Gasteiger partial charge >= 0.3 is 24.1 Å². The summed E-state index contributed by atoms with van der Waals surface area (Å²) in [5.41, 5.74) is -2.22. The summed E-state index contributed by atoms with van der Waals surface area (Å²) in [5.74, 6) is -5.58. The number of esters is 1. The van der Waals surface area contributed by atoms with E-state index in [9.17, 15) is 47.4 Å². The molecule has 3 aromatic carbocycles. The summed E-state index contributed by atoms with van der Waals surface area (Å²) < 4.78 is 44.3. The van der Waals surface area contributed by atoms with Crippen LogP contribution in [0.5, 0.6) is 0 Å². The summed E-state index contributed by atoms with van der Waals surface area (Å²) in [7, 11) is 2.94. The molecule has 0 radical (unpaired) electrons. The Hall–Kier alpha value is -5.50. The minimum atomic E-state index is -4.53. The Morgan fingerprint density at radius 1 is 0.851 bits per heavy atom. The maximum Gasteiger partial charge on any atom is 0.416 e. The summed E-state index contributed by atoms with van der Waals surface area (Å²) in [6, 6.07) is 17.5. The van der Waals surface area contributed by atoms with Crippen LogP contribution in [-0.2, 0) is 37.1 Å². The summed E-state index contributed by atoms with van der Waals surface area (Å²) in [5, 5.41) is 23.6. The number of benzene rings is 3. The second-order valence-electron chi connectivity index (χ2n) is 10.5. The third-order valence-electron chi connectivity index (χ3n) is 7.13. The zero-order chi connectivity index (χ0) is 34.5. The summed E-state index contributed by atoms with van der Waals surface area (Å²) in [4.78, 5) is 64.5. The van der Waals surface area contributed by atoms with Crippen LogP contribution in [0.2, 0.25) is 0 Å². The van der Waals surface area contributed by atoms with Gasteiger partial charge in [-0.2, -0.15) is 13.2 Å². The van der Waals surface area contributed by atoms with E-state index in [4.69, 9.17) is 4.74 Å². The van der Waals surface area contributed by atoms with Gasteiger partial charge in [0.1, 0.15) is 6.61 Å². The van der Waals surface area contributed by atoms with E-state index >= 15 is 0 Å². The van der Waals surface area contributed by atoms with Crippen LogP contribution < -0.4 is 5.32 Å². The van der Waals surface area contributed by atoms with Crippen molar-refractivity contribution >= 4 is 46.7 Å². The van der Waals surface area contributed by atoms with Crippen LogP contribution in [0.25, 0.3) is 11.1 Å². The van der Waals surface area contributed by atoms with Crippen molar-refractivity contribution < 1.29 is 52.1 Å². The molecule has 244 valence electrons. The average molecular weight is 669 g/mol. The van der Waals surface area contributed by atoms with E-state index < -0.39 is 59.9 Å². The zero-order valence-electron chi connectivity index (χ0n) is 24.8. The molecule has 1 aromatic heterocycles. The van der Waals surface area contributed by atoms with Crippen molar-refractivity contribution in [3.05, 3.63) is 111 Å².